The summed E-state index contributed by atoms with van der Waals surface area (Å²) in [4.78, 5) is 23.1. The fourth-order valence-electron chi connectivity index (χ4n) is 4.52. The summed E-state index contributed by atoms with van der Waals surface area (Å²) in [5.41, 5.74) is 0.958. The van der Waals surface area contributed by atoms with E-state index in [4.69, 9.17) is 9.84 Å². The molecule has 0 heterocycles. The molecule has 0 aromatic heterocycles. The van der Waals surface area contributed by atoms with Crippen molar-refractivity contribution in [1.82, 2.24) is 0 Å². The number of aliphatic hydroxyl groups excluding tert-OH is 3. The number of carboxylic acids is 1. The molecule has 176 valence electrons. The van der Waals surface area contributed by atoms with Gasteiger partial charge in [0.15, 0.2) is 0 Å². The van der Waals surface area contributed by atoms with Gasteiger partial charge in [-0.1, -0.05) is 39.0 Å². The van der Waals surface area contributed by atoms with Gasteiger partial charge in [-0.15, -0.1) is 0 Å². The molecule has 2 rings (SSSR count). The van der Waals surface area contributed by atoms with E-state index in [2.05, 4.69) is 13.0 Å². The number of esters is 1. The van der Waals surface area contributed by atoms with Crippen LogP contribution >= 0.6 is 0 Å². The van der Waals surface area contributed by atoms with E-state index < -0.39 is 30.4 Å². The number of aliphatic hydroxyl groups is 3. The number of carbonyl (C=O) groups excluding carboxylic acids is 1. The van der Waals surface area contributed by atoms with Crippen LogP contribution in [0.1, 0.15) is 63.6 Å². The van der Waals surface area contributed by atoms with Crippen LogP contribution < -0.4 is 88.7 Å². The second kappa shape index (κ2) is 17.7. The average molecular weight is 497 g/mol. The number of aliphatic carboxylic acids is 1. The number of carbonyl (C=O) groups is 2. The van der Waals surface area contributed by atoms with Crippen LogP contribution in [0.25, 0.3) is 0 Å². The zero-order chi connectivity index (χ0) is 22.4. The first-order valence-corrected chi connectivity index (χ1v) is 11.0. The van der Waals surface area contributed by atoms with E-state index >= 15 is 0 Å². The molecule has 7 nitrogen and oxygen atoms in total. The third-order valence-electron chi connectivity index (χ3n) is 6.44. The smallest absolute Gasteiger partial charge is 1.00 e. The maximum atomic E-state index is 12.4. The summed E-state index contributed by atoms with van der Waals surface area (Å²) >= 11 is 0. The minimum atomic E-state index is -1.10. The summed E-state index contributed by atoms with van der Waals surface area (Å²) in [6, 6.07) is 0. The topological polar surface area (TPSA) is 124 Å². The van der Waals surface area contributed by atoms with Crippen molar-refractivity contribution in [3.8, 4) is 0 Å². The van der Waals surface area contributed by atoms with Gasteiger partial charge >= 0.3 is 101 Å². The number of ether oxygens (including phenoxy) is 1. The molecule has 0 saturated heterocycles. The first-order valence-electron chi connectivity index (χ1n) is 11.0. The molecule has 4 N–H and O–H groups in total. The predicted molar refractivity (Wildman–Crippen MR) is 115 cm³/mol. The minimum absolute atomic E-state index is 0. The SMILES string of the molecule is CC[C@H](C)C(=O)O[C@H]1C[C@H](O)C=C2C=C[C@H](C)[C@H](CC[C@@H](O)C[C@@H](O)CC(=O)O)[C@H]21.[H-].[H-].[H-].[Na+].[Na+].[Na+]. The van der Waals surface area contributed by atoms with E-state index in [0.717, 1.165) is 5.57 Å². The molecular formula is C23H39Na3O7. The third-order valence-corrected chi connectivity index (χ3v) is 6.44. The number of fused-ring (bicyclic) bond motifs is 1. The number of carboxylic acid groups (broad SMARTS) is 1. The Morgan fingerprint density at radius 3 is 2.42 bits per heavy atom. The Balaban J connectivity index is -0.000000534. The summed E-state index contributed by atoms with van der Waals surface area (Å²) in [5, 5.41) is 39.1. The van der Waals surface area contributed by atoms with Crippen molar-refractivity contribution in [2.24, 2.45) is 23.7 Å². The van der Waals surface area contributed by atoms with Crippen molar-refractivity contribution in [3.63, 3.8) is 0 Å². The van der Waals surface area contributed by atoms with E-state index in [1.807, 2.05) is 26.0 Å². The van der Waals surface area contributed by atoms with Crippen LogP contribution in [-0.2, 0) is 14.3 Å². The van der Waals surface area contributed by atoms with Gasteiger partial charge < -0.3 is 29.4 Å². The Hall–Kier alpha value is 1.30. The molecule has 8 atom stereocenters. The maximum Gasteiger partial charge on any atom is 1.00 e. The third kappa shape index (κ3) is 11.5. The van der Waals surface area contributed by atoms with Crippen LogP contribution in [-0.4, -0.2) is 56.8 Å². The average Bonchev–Trinajstić information content (AvgIpc) is 2.65. The summed E-state index contributed by atoms with van der Waals surface area (Å²) in [6.07, 6.45) is 4.64. The molecule has 0 spiro atoms. The monoisotopic (exact) mass is 496 g/mol. The molecule has 0 radical (unpaired) electrons. The van der Waals surface area contributed by atoms with E-state index in [1.165, 1.54) is 0 Å². The summed E-state index contributed by atoms with van der Waals surface area (Å²) < 4.78 is 5.84. The Labute approximate surface area is 268 Å². The Morgan fingerprint density at radius 1 is 1.21 bits per heavy atom. The number of rotatable bonds is 10. The molecule has 33 heavy (non-hydrogen) atoms. The Morgan fingerprint density at radius 2 is 1.85 bits per heavy atom. The first-order chi connectivity index (χ1) is 14.1. The summed E-state index contributed by atoms with van der Waals surface area (Å²) in [5.74, 6) is -1.31. The maximum absolute atomic E-state index is 12.4. The molecule has 0 fully saturated rings. The number of hydrogen-bond acceptors (Lipinski definition) is 6. The van der Waals surface area contributed by atoms with Crippen molar-refractivity contribution in [1.29, 1.82) is 0 Å². The molecule has 0 aromatic rings. The standard InChI is InChI=1S/C23H36O7.3Na.3H/c1-4-13(2)23(29)30-20-11-17(25)9-15-6-5-14(3)19(22(15)20)8-7-16(24)10-18(26)12-21(27)28;;;;;;/h5-6,9,13-14,16-20,22,24-26H,4,7-8,10-12H2,1-3H3,(H,27,28);;;;;;/q;3*+1;3*-1/t13-,14-,16+,17+,18+,19-,20-,22-;;;;;;/m0....../s1. The number of allylic oxidation sites excluding steroid dienone is 2. The quantitative estimate of drug-likeness (QED) is 0.175. The molecule has 0 saturated carbocycles. The molecule has 0 amide bonds. The normalized spacial score (nSPS) is 28.4. The Kier molecular flexibility index (Phi) is 19.6. The van der Waals surface area contributed by atoms with Crippen molar-refractivity contribution in [2.75, 3.05) is 0 Å². The fraction of sp³-hybridized carbons (Fsp3) is 0.739. The summed E-state index contributed by atoms with van der Waals surface area (Å²) in [7, 11) is 0. The molecular weight excluding hydrogens is 457 g/mol. The molecule has 0 aromatic carbocycles. The second-order valence-electron chi connectivity index (χ2n) is 8.88. The van der Waals surface area contributed by atoms with Crippen LogP contribution in [0.2, 0.25) is 0 Å². The molecule has 2 aliphatic rings. The fourth-order valence-corrected chi connectivity index (χ4v) is 4.52. The second-order valence-corrected chi connectivity index (χ2v) is 8.88. The largest absolute Gasteiger partial charge is 1.00 e. The minimum Gasteiger partial charge on any atom is -1.00 e. The van der Waals surface area contributed by atoms with Crippen molar-refractivity contribution in [2.45, 2.75) is 83.7 Å². The van der Waals surface area contributed by atoms with Crippen LogP contribution in [0.4, 0.5) is 0 Å². The van der Waals surface area contributed by atoms with Crippen LogP contribution in [0.15, 0.2) is 23.8 Å². The zero-order valence-corrected chi connectivity index (χ0v) is 27.1. The molecule has 10 heteroatoms. The number of hydrogen-bond donors (Lipinski definition) is 4. The van der Waals surface area contributed by atoms with Gasteiger partial charge in [0, 0.05) is 12.3 Å². The molecule has 0 bridgehead atoms. The van der Waals surface area contributed by atoms with E-state index in [-0.39, 0.29) is 135 Å². The van der Waals surface area contributed by atoms with E-state index in [0.29, 0.717) is 25.7 Å². The molecule has 2 aliphatic carbocycles. The zero-order valence-electron chi connectivity index (χ0n) is 24.1. The van der Waals surface area contributed by atoms with E-state index in [1.54, 1.807) is 0 Å². The van der Waals surface area contributed by atoms with Crippen molar-refractivity contribution < 1.29 is 128 Å². The predicted octanol–water partition coefficient (Wildman–Crippen LogP) is -6.21. The molecule has 0 aliphatic heterocycles. The van der Waals surface area contributed by atoms with Gasteiger partial charge in [0.1, 0.15) is 6.10 Å². The molecule has 0 unspecified atom stereocenters. The van der Waals surface area contributed by atoms with Crippen molar-refractivity contribution >= 4 is 11.9 Å². The Bertz CT molecular complexity index is 685. The first kappa shape index (κ1) is 36.5. The van der Waals surface area contributed by atoms with E-state index in [9.17, 15) is 24.9 Å². The van der Waals surface area contributed by atoms with Gasteiger partial charge in [-0.2, -0.15) is 0 Å². The van der Waals surface area contributed by atoms with Gasteiger partial charge in [0.05, 0.1) is 30.7 Å². The van der Waals surface area contributed by atoms with Crippen LogP contribution in [0, 0.1) is 23.7 Å². The van der Waals surface area contributed by atoms with Gasteiger partial charge in [0.25, 0.3) is 0 Å². The van der Waals surface area contributed by atoms with Crippen LogP contribution in [0.5, 0.6) is 0 Å². The summed E-state index contributed by atoms with van der Waals surface area (Å²) in [6.45, 7) is 5.85. The van der Waals surface area contributed by atoms with Crippen LogP contribution in [0.3, 0.4) is 0 Å². The van der Waals surface area contributed by atoms with Crippen molar-refractivity contribution in [3.05, 3.63) is 23.8 Å². The van der Waals surface area contributed by atoms with Gasteiger partial charge in [-0.05, 0) is 43.1 Å². The van der Waals surface area contributed by atoms with Gasteiger partial charge in [-0.25, -0.2) is 0 Å². The van der Waals surface area contributed by atoms with Gasteiger partial charge in [0.2, 0.25) is 0 Å². The van der Waals surface area contributed by atoms with Gasteiger partial charge in [-0.3, -0.25) is 9.59 Å².